The van der Waals surface area contributed by atoms with Crippen molar-refractivity contribution in [1.29, 1.82) is 0 Å². The zero-order valence-corrected chi connectivity index (χ0v) is 20.6. The van der Waals surface area contributed by atoms with E-state index in [0.29, 0.717) is 21.3 Å². The lowest BCUT2D eigenvalue weighted by Crippen LogP contribution is -2.29. The number of benzene rings is 3. The van der Waals surface area contributed by atoms with Crippen LogP contribution in [0.15, 0.2) is 70.7 Å². The van der Waals surface area contributed by atoms with Crippen LogP contribution in [0.5, 0.6) is 0 Å². The molecule has 1 amide bonds. The predicted octanol–water partition coefficient (Wildman–Crippen LogP) is 6.44. The first kappa shape index (κ1) is 22.4. The van der Waals surface area contributed by atoms with Gasteiger partial charge in [-0.3, -0.25) is 14.5 Å². The maximum Gasteiger partial charge on any atom is 0.301 e. The van der Waals surface area contributed by atoms with E-state index in [-0.39, 0.29) is 16.5 Å². The summed E-state index contributed by atoms with van der Waals surface area (Å²) < 4.78 is 15.1. The van der Waals surface area contributed by atoms with Crippen molar-refractivity contribution in [3.8, 4) is 0 Å². The van der Waals surface area contributed by atoms with Crippen molar-refractivity contribution < 1.29 is 19.1 Å². The van der Waals surface area contributed by atoms with Crippen LogP contribution >= 0.6 is 27.3 Å². The van der Waals surface area contributed by atoms with Gasteiger partial charge in [0.25, 0.3) is 5.78 Å². The number of Topliss-reactive ketones (excluding diaryl/α,β-unsaturated/α-hetero) is 1. The molecule has 1 N–H and O–H groups in total. The number of fused-ring (bicyclic) bond motifs is 1. The second kappa shape index (κ2) is 8.45. The Labute approximate surface area is 207 Å². The third-order valence-corrected chi connectivity index (χ3v) is 7.31. The molecule has 1 aliphatic heterocycles. The molecule has 8 heteroatoms. The smallest absolute Gasteiger partial charge is 0.301 e. The summed E-state index contributed by atoms with van der Waals surface area (Å²) in [5, 5.41) is 11.6. The molecule has 0 bridgehead atoms. The Morgan fingerprint density at radius 1 is 1.09 bits per heavy atom. The number of rotatable bonds is 3. The minimum absolute atomic E-state index is 0.0118. The van der Waals surface area contributed by atoms with Gasteiger partial charge in [-0.1, -0.05) is 57.1 Å². The number of aryl methyl sites for hydroxylation is 2. The van der Waals surface area contributed by atoms with Crippen LogP contribution in [0, 0.1) is 19.7 Å². The molecule has 170 valence electrons. The fourth-order valence-electron chi connectivity index (χ4n) is 4.15. The molecular weight excluding hydrogens is 519 g/mol. The van der Waals surface area contributed by atoms with Gasteiger partial charge < -0.3 is 5.11 Å². The van der Waals surface area contributed by atoms with Crippen LogP contribution in [-0.4, -0.2) is 21.8 Å². The number of carbonyl (C=O) groups is 2. The van der Waals surface area contributed by atoms with E-state index in [0.717, 1.165) is 26.9 Å². The summed E-state index contributed by atoms with van der Waals surface area (Å²) in [7, 11) is 0. The molecule has 1 atom stereocenters. The Morgan fingerprint density at radius 2 is 1.88 bits per heavy atom. The Kier molecular flexibility index (Phi) is 5.58. The number of aliphatic hydroxyl groups excluding tert-OH is 1. The highest BCUT2D eigenvalue weighted by Crippen LogP contribution is 2.45. The highest BCUT2D eigenvalue weighted by atomic mass is 79.9. The van der Waals surface area contributed by atoms with E-state index in [1.165, 1.54) is 23.1 Å². The standard InChI is InChI=1S/C26H18BrFN2O3S/c1-13-6-7-14(2)18(10-13)23(31)21-22(15-4-3-5-16(27)11-15)30(25(33)24(21)32)26-29-19-9-8-17(28)12-20(19)34-26/h3-12,22,31H,1-2H3/b23-21+. The largest absolute Gasteiger partial charge is 0.507 e. The summed E-state index contributed by atoms with van der Waals surface area (Å²) in [6.07, 6.45) is 0. The molecule has 1 aliphatic rings. The highest BCUT2D eigenvalue weighted by molar-refractivity contribution is 9.10. The van der Waals surface area contributed by atoms with Gasteiger partial charge in [-0.05, 0) is 61.4 Å². The van der Waals surface area contributed by atoms with Gasteiger partial charge in [0.1, 0.15) is 11.6 Å². The molecule has 5 nitrogen and oxygen atoms in total. The van der Waals surface area contributed by atoms with Gasteiger partial charge in [0, 0.05) is 10.0 Å². The van der Waals surface area contributed by atoms with Crippen molar-refractivity contribution in [2.45, 2.75) is 19.9 Å². The first-order valence-corrected chi connectivity index (χ1v) is 12.1. The molecule has 34 heavy (non-hydrogen) atoms. The summed E-state index contributed by atoms with van der Waals surface area (Å²) in [6, 6.07) is 16.1. The van der Waals surface area contributed by atoms with Gasteiger partial charge in [0.05, 0.1) is 21.8 Å². The number of thiazole rings is 1. The lowest BCUT2D eigenvalue weighted by Gasteiger charge is -2.23. The molecule has 1 saturated heterocycles. The van der Waals surface area contributed by atoms with Crippen LogP contribution in [0.2, 0.25) is 0 Å². The van der Waals surface area contributed by atoms with Crippen molar-refractivity contribution in [2.24, 2.45) is 0 Å². The van der Waals surface area contributed by atoms with Gasteiger partial charge >= 0.3 is 5.91 Å². The number of aromatic nitrogens is 1. The summed E-state index contributed by atoms with van der Waals surface area (Å²) >= 11 is 4.57. The fourth-order valence-corrected chi connectivity index (χ4v) is 5.58. The zero-order chi connectivity index (χ0) is 24.1. The number of aliphatic hydroxyl groups is 1. The monoisotopic (exact) mass is 536 g/mol. The predicted molar refractivity (Wildman–Crippen MR) is 134 cm³/mol. The van der Waals surface area contributed by atoms with E-state index < -0.39 is 23.5 Å². The van der Waals surface area contributed by atoms with Crippen molar-refractivity contribution in [1.82, 2.24) is 4.98 Å². The van der Waals surface area contributed by atoms with Crippen LogP contribution in [-0.2, 0) is 9.59 Å². The van der Waals surface area contributed by atoms with E-state index in [1.807, 2.05) is 32.0 Å². The van der Waals surface area contributed by atoms with E-state index in [9.17, 15) is 19.1 Å². The first-order valence-electron chi connectivity index (χ1n) is 10.4. The molecule has 0 radical (unpaired) electrons. The first-order chi connectivity index (χ1) is 16.2. The number of hydrogen-bond acceptors (Lipinski definition) is 5. The Bertz CT molecular complexity index is 1530. The molecule has 1 fully saturated rings. The van der Waals surface area contributed by atoms with Gasteiger partial charge in [-0.15, -0.1) is 0 Å². The molecule has 3 aromatic carbocycles. The Hall–Kier alpha value is -3.36. The van der Waals surface area contributed by atoms with Crippen molar-refractivity contribution in [2.75, 3.05) is 4.90 Å². The number of nitrogens with zero attached hydrogens (tertiary/aromatic N) is 2. The average molecular weight is 537 g/mol. The molecular formula is C26H18BrFN2O3S. The number of ketones is 1. The van der Waals surface area contributed by atoms with Gasteiger partial charge in [0.15, 0.2) is 5.13 Å². The van der Waals surface area contributed by atoms with Gasteiger partial charge in [-0.2, -0.15) is 0 Å². The second-order valence-electron chi connectivity index (χ2n) is 8.15. The SMILES string of the molecule is Cc1ccc(C)c(/C(O)=C2\C(=O)C(=O)N(c3nc4ccc(F)cc4s3)C2c2cccc(Br)c2)c1. The van der Waals surface area contributed by atoms with Crippen LogP contribution in [0.3, 0.4) is 0 Å². The average Bonchev–Trinajstić information content (AvgIpc) is 3.33. The van der Waals surface area contributed by atoms with E-state index in [2.05, 4.69) is 20.9 Å². The minimum Gasteiger partial charge on any atom is -0.507 e. The molecule has 0 saturated carbocycles. The van der Waals surface area contributed by atoms with Crippen LogP contribution in [0.1, 0.15) is 28.3 Å². The van der Waals surface area contributed by atoms with Crippen molar-refractivity contribution in [3.63, 3.8) is 0 Å². The van der Waals surface area contributed by atoms with Crippen molar-refractivity contribution in [3.05, 3.63) is 98.8 Å². The molecule has 2 heterocycles. The van der Waals surface area contributed by atoms with E-state index in [4.69, 9.17) is 0 Å². The Morgan fingerprint density at radius 3 is 2.65 bits per heavy atom. The summed E-state index contributed by atoms with van der Waals surface area (Å²) in [4.78, 5) is 32.5. The Balaban J connectivity index is 1.77. The maximum atomic E-state index is 13.8. The number of anilines is 1. The number of carbonyl (C=O) groups excluding carboxylic acids is 2. The van der Waals surface area contributed by atoms with Gasteiger partial charge in [-0.25, -0.2) is 9.37 Å². The quantitative estimate of drug-likeness (QED) is 0.186. The lowest BCUT2D eigenvalue weighted by atomic mass is 9.93. The molecule has 4 aromatic rings. The lowest BCUT2D eigenvalue weighted by molar-refractivity contribution is -0.132. The molecule has 0 aliphatic carbocycles. The second-order valence-corrected chi connectivity index (χ2v) is 10.1. The van der Waals surface area contributed by atoms with Crippen LogP contribution in [0.25, 0.3) is 16.0 Å². The third-order valence-electron chi connectivity index (χ3n) is 5.80. The zero-order valence-electron chi connectivity index (χ0n) is 18.2. The molecule has 1 aromatic heterocycles. The van der Waals surface area contributed by atoms with E-state index >= 15 is 0 Å². The minimum atomic E-state index is -0.900. The number of hydrogen-bond donors (Lipinski definition) is 1. The fraction of sp³-hybridized carbons (Fsp3) is 0.115. The topological polar surface area (TPSA) is 70.5 Å². The van der Waals surface area contributed by atoms with Crippen molar-refractivity contribution >= 4 is 60.1 Å². The number of amides is 1. The van der Waals surface area contributed by atoms with E-state index in [1.54, 1.807) is 24.3 Å². The molecule has 5 rings (SSSR count). The summed E-state index contributed by atoms with van der Waals surface area (Å²) in [6.45, 7) is 3.72. The third kappa shape index (κ3) is 3.73. The van der Waals surface area contributed by atoms with Gasteiger partial charge in [0.2, 0.25) is 0 Å². The summed E-state index contributed by atoms with van der Waals surface area (Å²) in [5.74, 6) is -2.24. The van der Waals surface area contributed by atoms with Crippen LogP contribution < -0.4 is 4.90 Å². The highest BCUT2D eigenvalue weighted by Gasteiger charge is 2.48. The molecule has 1 unspecified atom stereocenters. The molecule has 0 spiro atoms. The normalized spacial score (nSPS) is 17.6. The maximum absolute atomic E-state index is 13.8. The number of halogens is 2. The van der Waals surface area contributed by atoms with Crippen LogP contribution in [0.4, 0.5) is 9.52 Å². The summed E-state index contributed by atoms with van der Waals surface area (Å²) in [5.41, 5.74) is 3.31.